The first-order chi connectivity index (χ1) is 12.7. The normalized spacial score (nSPS) is 13.6. The Morgan fingerprint density at radius 2 is 1.77 bits per heavy atom. The fourth-order valence-corrected chi connectivity index (χ4v) is 2.98. The maximum absolute atomic E-state index is 13.0. The molecule has 0 saturated carbocycles. The molecule has 0 bridgehead atoms. The van der Waals surface area contributed by atoms with E-state index in [9.17, 15) is 9.18 Å². The van der Waals surface area contributed by atoms with Crippen molar-refractivity contribution >= 4 is 5.91 Å². The summed E-state index contributed by atoms with van der Waals surface area (Å²) < 4.78 is 20.4. The Bertz CT molecular complexity index is 907. The average molecular weight is 351 g/mol. The van der Waals surface area contributed by atoms with E-state index in [2.05, 4.69) is 5.10 Å². The summed E-state index contributed by atoms with van der Waals surface area (Å²) in [5, 5.41) is 4.37. The molecule has 0 fully saturated rings. The average Bonchev–Trinajstić information content (AvgIpc) is 3.09. The van der Waals surface area contributed by atoms with E-state index >= 15 is 0 Å². The van der Waals surface area contributed by atoms with E-state index in [1.54, 1.807) is 27.8 Å². The summed E-state index contributed by atoms with van der Waals surface area (Å²) in [6.07, 6.45) is 0. The van der Waals surface area contributed by atoms with E-state index in [0.29, 0.717) is 37.8 Å². The van der Waals surface area contributed by atoms with Gasteiger partial charge in [0.1, 0.15) is 18.1 Å². The van der Waals surface area contributed by atoms with Gasteiger partial charge in [-0.1, -0.05) is 42.5 Å². The molecular formula is C20H18FN3O2. The molecule has 1 amide bonds. The molecule has 2 heterocycles. The number of hydrogen-bond acceptors (Lipinski definition) is 3. The minimum atomic E-state index is -0.281. The van der Waals surface area contributed by atoms with Crippen molar-refractivity contribution in [2.45, 2.75) is 19.7 Å². The summed E-state index contributed by atoms with van der Waals surface area (Å²) in [5.74, 6) is 0.0699. The molecule has 132 valence electrons. The number of halogens is 1. The number of hydrogen-bond donors (Lipinski definition) is 0. The Morgan fingerprint density at radius 3 is 2.54 bits per heavy atom. The number of carbonyl (C=O) groups excluding carboxylic acids is 1. The standard InChI is InChI=1S/C20H18FN3O2/c21-17-8-6-15(7-9-17)13-23-10-11-24-18(20(23)25)12-19(22-24)26-14-16-4-2-1-3-5-16/h1-9,12H,10-11,13-14H2. The third-order valence-corrected chi connectivity index (χ3v) is 4.36. The maximum Gasteiger partial charge on any atom is 0.272 e. The lowest BCUT2D eigenvalue weighted by Crippen LogP contribution is -2.39. The van der Waals surface area contributed by atoms with Gasteiger partial charge in [-0.25, -0.2) is 4.39 Å². The van der Waals surface area contributed by atoms with E-state index in [4.69, 9.17) is 4.74 Å². The largest absolute Gasteiger partial charge is 0.472 e. The van der Waals surface area contributed by atoms with Crippen LogP contribution < -0.4 is 4.74 Å². The van der Waals surface area contributed by atoms with E-state index in [-0.39, 0.29) is 11.7 Å². The molecule has 0 spiro atoms. The number of aromatic nitrogens is 2. The van der Waals surface area contributed by atoms with Gasteiger partial charge in [-0.2, -0.15) is 0 Å². The number of rotatable bonds is 5. The van der Waals surface area contributed by atoms with Crippen LogP contribution in [-0.4, -0.2) is 27.1 Å². The van der Waals surface area contributed by atoms with Crippen LogP contribution in [0.4, 0.5) is 4.39 Å². The highest BCUT2D eigenvalue weighted by Crippen LogP contribution is 2.20. The van der Waals surface area contributed by atoms with Gasteiger partial charge < -0.3 is 9.64 Å². The Kier molecular flexibility index (Phi) is 4.39. The second-order valence-electron chi connectivity index (χ2n) is 6.22. The van der Waals surface area contributed by atoms with Crippen LogP contribution in [0, 0.1) is 5.82 Å². The number of amides is 1. The Labute approximate surface area is 150 Å². The number of fused-ring (bicyclic) bond motifs is 1. The van der Waals surface area contributed by atoms with Crippen LogP contribution in [0.1, 0.15) is 21.6 Å². The van der Waals surface area contributed by atoms with Gasteiger partial charge in [0.25, 0.3) is 5.91 Å². The summed E-state index contributed by atoms with van der Waals surface area (Å²) in [5.41, 5.74) is 2.46. The van der Waals surface area contributed by atoms with Gasteiger partial charge in [0.2, 0.25) is 5.88 Å². The number of benzene rings is 2. The van der Waals surface area contributed by atoms with Crippen LogP contribution in [0.15, 0.2) is 60.7 Å². The van der Waals surface area contributed by atoms with Crippen molar-refractivity contribution in [2.24, 2.45) is 0 Å². The zero-order valence-corrected chi connectivity index (χ0v) is 14.1. The predicted molar refractivity (Wildman–Crippen MR) is 94.1 cm³/mol. The molecule has 4 rings (SSSR count). The molecular weight excluding hydrogens is 333 g/mol. The van der Waals surface area contributed by atoms with E-state index in [0.717, 1.165) is 11.1 Å². The smallest absolute Gasteiger partial charge is 0.272 e. The van der Waals surface area contributed by atoms with Gasteiger partial charge in [-0.15, -0.1) is 5.10 Å². The molecule has 0 unspecified atom stereocenters. The van der Waals surface area contributed by atoms with Crippen LogP contribution in [0.5, 0.6) is 5.88 Å². The molecule has 1 aromatic heterocycles. The first-order valence-electron chi connectivity index (χ1n) is 8.47. The SMILES string of the molecule is O=C1c2cc(OCc3ccccc3)nn2CCN1Cc1ccc(F)cc1. The molecule has 0 aliphatic carbocycles. The van der Waals surface area contributed by atoms with E-state index in [1.807, 2.05) is 30.3 Å². The van der Waals surface area contributed by atoms with Gasteiger partial charge in [-0.3, -0.25) is 9.48 Å². The quantitative estimate of drug-likeness (QED) is 0.709. The number of carbonyl (C=O) groups is 1. The molecule has 2 aromatic carbocycles. The molecule has 6 heteroatoms. The van der Waals surface area contributed by atoms with Gasteiger partial charge in [0.15, 0.2) is 0 Å². The summed E-state index contributed by atoms with van der Waals surface area (Å²) >= 11 is 0. The van der Waals surface area contributed by atoms with Crippen molar-refractivity contribution in [1.82, 2.24) is 14.7 Å². The van der Waals surface area contributed by atoms with Gasteiger partial charge in [-0.05, 0) is 23.3 Å². The van der Waals surface area contributed by atoms with Crippen LogP contribution in [-0.2, 0) is 19.7 Å². The molecule has 26 heavy (non-hydrogen) atoms. The lowest BCUT2D eigenvalue weighted by Gasteiger charge is -2.27. The van der Waals surface area contributed by atoms with Crippen LogP contribution >= 0.6 is 0 Å². The van der Waals surface area contributed by atoms with E-state index in [1.165, 1.54) is 12.1 Å². The summed E-state index contributed by atoms with van der Waals surface area (Å²) in [4.78, 5) is 14.5. The minimum absolute atomic E-state index is 0.0948. The fraction of sp³-hybridized carbons (Fsp3) is 0.200. The lowest BCUT2D eigenvalue weighted by atomic mass is 10.2. The molecule has 1 aliphatic heterocycles. The van der Waals surface area contributed by atoms with Crippen LogP contribution in [0.2, 0.25) is 0 Å². The van der Waals surface area contributed by atoms with Gasteiger partial charge in [0, 0.05) is 19.2 Å². The summed E-state index contributed by atoms with van der Waals surface area (Å²) in [6.45, 7) is 2.02. The molecule has 3 aromatic rings. The zero-order chi connectivity index (χ0) is 17.9. The highest BCUT2D eigenvalue weighted by molar-refractivity contribution is 5.93. The molecule has 0 saturated heterocycles. The molecule has 0 radical (unpaired) electrons. The van der Waals surface area contributed by atoms with Crippen LogP contribution in [0.25, 0.3) is 0 Å². The highest BCUT2D eigenvalue weighted by Gasteiger charge is 2.26. The fourth-order valence-electron chi connectivity index (χ4n) is 2.98. The van der Waals surface area contributed by atoms with Crippen molar-refractivity contribution in [3.8, 4) is 5.88 Å². The summed E-state index contributed by atoms with van der Waals surface area (Å²) in [6, 6.07) is 17.7. The third kappa shape index (κ3) is 3.44. The topological polar surface area (TPSA) is 47.4 Å². The lowest BCUT2D eigenvalue weighted by molar-refractivity contribution is 0.0683. The minimum Gasteiger partial charge on any atom is -0.472 e. The Balaban J connectivity index is 1.44. The Morgan fingerprint density at radius 1 is 1.00 bits per heavy atom. The first kappa shape index (κ1) is 16.3. The predicted octanol–water partition coefficient (Wildman–Crippen LogP) is 3.26. The first-order valence-corrected chi connectivity index (χ1v) is 8.47. The van der Waals surface area contributed by atoms with Crippen molar-refractivity contribution in [1.29, 1.82) is 0 Å². The molecule has 0 N–H and O–H groups in total. The second kappa shape index (κ2) is 7.00. The van der Waals surface area contributed by atoms with E-state index < -0.39 is 0 Å². The van der Waals surface area contributed by atoms with Crippen molar-refractivity contribution in [3.63, 3.8) is 0 Å². The summed E-state index contributed by atoms with van der Waals surface area (Å²) in [7, 11) is 0. The highest BCUT2D eigenvalue weighted by atomic mass is 19.1. The Hall–Kier alpha value is -3.15. The number of ether oxygens (including phenoxy) is 1. The number of nitrogens with zero attached hydrogens (tertiary/aromatic N) is 3. The monoisotopic (exact) mass is 351 g/mol. The molecule has 0 atom stereocenters. The third-order valence-electron chi connectivity index (χ3n) is 4.36. The second-order valence-corrected chi connectivity index (χ2v) is 6.22. The van der Waals surface area contributed by atoms with Gasteiger partial charge in [0.05, 0.1) is 6.54 Å². The van der Waals surface area contributed by atoms with Gasteiger partial charge >= 0.3 is 0 Å². The van der Waals surface area contributed by atoms with Crippen molar-refractivity contribution < 1.29 is 13.9 Å². The maximum atomic E-state index is 13.0. The van der Waals surface area contributed by atoms with Crippen LogP contribution in [0.3, 0.4) is 0 Å². The molecule has 1 aliphatic rings. The van der Waals surface area contributed by atoms with Crippen molar-refractivity contribution in [2.75, 3.05) is 6.54 Å². The molecule has 5 nitrogen and oxygen atoms in total. The zero-order valence-electron chi connectivity index (χ0n) is 14.1. The van der Waals surface area contributed by atoms with Crippen molar-refractivity contribution in [3.05, 3.63) is 83.3 Å².